The standard InChI is InChI=1S/C11H18O3Si/c1-11(2,3)9-14-15(12,13)10-7-5-4-6-8-10/h4-8,12-13H,9H2,1-3H3. The summed E-state index contributed by atoms with van der Waals surface area (Å²) in [7, 11) is -3.69. The molecule has 0 aliphatic rings. The van der Waals surface area contributed by atoms with Crippen LogP contribution in [0.15, 0.2) is 30.3 Å². The molecule has 0 aliphatic carbocycles. The van der Waals surface area contributed by atoms with Crippen molar-refractivity contribution < 1.29 is 14.0 Å². The first-order valence-corrected chi connectivity index (χ1v) is 6.76. The second-order valence-corrected chi connectivity index (χ2v) is 6.91. The summed E-state index contributed by atoms with van der Waals surface area (Å²) in [6.45, 7) is 6.30. The van der Waals surface area contributed by atoms with Gasteiger partial charge in [-0.05, 0) is 5.41 Å². The summed E-state index contributed by atoms with van der Waals surface area (Å²) in [5.74, 6) is 0. The maximum atomic E-state index is 9.82. The summed E-state index contributed by atoms with van der Waals surface area (Å²) in [5.41, 5.74) is -0.0709. The van der Waals surface area contributed by atoms with Crippen molar-refractivity contribution in [2.24, 2.45) is 5.41 Å². The van der Waals surface area contributed by atoms with Gasteiger partial charge in [-0.25, -0.2) is 0 Å². The Morgan fingerprint density at radius 1 is 1.13 bits per heavy atom. The van der Waals surface area contributed by atoms with E-state index in [1.807, 2.05) is 26.8 Å². The van der Waals surface area contributed by atoms with Crippen LogP contribution in [0.1, 0.15) is 20.8 Å². The van der Waals surface area contributed by atoms with Crippen LogP contribution < -0.4 is 5.19 Å². The van der Waals surface area contributed by atoms with E-state index in [2.05, 4.69) is 0 Å². The Balaban J connectivity index is 2.68. The van der Waals surface area contributed by atoms with E-state index in [0.717, 1.165) is 0 Å². The summed E-state index contributed by atoms with van der Waals surface area (Å²) >= 11 is 0. The van der Waals surface area contributed by atoms with Gasteiger partial charge >= 0.3 is 8.80 Å². The van der Waals surface area contributed by atoms with Crippen LogP contribution in [0.25, 0.3) is 0 Å². The number of hydrogen-bond acceptors (Lipinski definition) is 3. The van der Waals surface area contributed by atoms with E-state index >= 15 is 0 Å². The van der Waals surface area contributed by atoms with Crippen LogP contribution in [-0.2, 0) is 4.43 Å². The summed E-state index contributed by atoms with van der Waals surface area (Å²) in [5, 5.41) is 0.481. The molecule has 0 aromatic heterocycles. The van der Waals surface area contributed by atoms with Crippen LogP contribution in [-0.4, -0.2) is 25.0 Å². The van der Waals surface area contributed by atoms with E-state index in [1.165, 1.54) is 0 Å². The molecule has 0 atom stereocenters. The van der Waals surface area contributed by atoms with E-state index < -0.39 is 8.80 Å². The van der Waals surface area contributed by atoms with Crippen molar-refractivity contribution >= 4 is 14.0 Å². The van der Waals surface area contributed by atoms with Gasteiger partial charge in [-0.2, -0.15) is 0 Å². The van der Waals surface area contributed by atoms with Crippen molar-refractivity contribution in [1.29, 1.82) is 0 Å². The zero-order valence-electron chi connectivity index (χ0n) is 9.40. The van der Waals surface area contributed by atoms with E-state index in [0.29, 0.717) is 11.8 Å². The van der Waals surface area contributed by atoms with E-state index in [1.54, 1.807) is 24.3 Å². The third-order valence-electron chi connectivity index (χ3n) is 1.86. The lowest BCUT2D eigenvalue weighted by molar-refractivity contribution is 0.110. The molecule has 0 heterocycles. The summed E-state index contributed by atoms with van der Waals surface area (Å²) in [6, 6.07) is 8.72. The molecule has 1 aromatic carbocycles. The predicted octanol–water partition coefficient (Wildman–Crippen LogP) is 0.880. The van der Waals surface area contributed by atoms with E-state index in [9.17, 15) is 9.59 Å². The fraction of sp³-hybridized carbons (Fsp3) is 0.455. The Bertz CT molecular complexity index is 303. The van der Waals surface area contributed by atoms with Crippen molar-refractivity contribution in [1.82, 2.24) is 0 Å². The minimum atomic E-state index is -3.69. The molecule has 1 rings (SSSR count). The SMILES string of the molecule is CC(C)(C)CO[Si](O)(O)c1ccccc1. The molecule has 0 radical (unpaired) electrons. The Morgan fingerprint density at radius 3 is 2.13 bits per heavy atom. The molecule has 0 bridgehead atoms. The lowest BCUT2D eigenvalue weighted by atomic mass is 9.99. The van der Waals surface area contributed by atoms with Crippen LogP contribution in [0.2, 0.25) is 0 Å². The molecule has 0 aliphatic heterocycles. The molecule has 0 unspecified atom stereocenters. The number of rotatable bonds is 3. The molecular formula is C11H18O3Si. The zero-order chi connectivity index (χ0) is 11.5. The van der Waals surface area contributed by atoms with Gasteiger partial charge in [-0.15, -0.1) is 0 Å². The van der Waals surface area contributed by atoms with Crippen LogP contribution in [0.5, 0.6) is 0 Å². The Labute approximate surface area is 91.7 Å². The predicted molar refractivity (Wildman–Crippen MR) is 61.7 cm³/mol. The van der Waals surface area contributed by atoms with Gasteiger partial charge in [0.1, 0.15) is 0 Å². The Kier molecular flexibility index (Phi) is 3.67. The minimum absolute atomic E-state index is 0.0709. The second-order valence-electron chi connectivity index (χ2n) is 4.82. The fourth-order valence-electron chi connectivity index (χ4n) is 1.06. The molecule has 0 saturated carbocycles. The molecule has 84 valence electrons. The van der Waals surface area contributed by atoms with Gasteiger partial charge in [0.15, 0.2) is 0 Å². The number of hydrogen-bond donors (Lipinski definition) is 2. The quantitative estimate of drug-likeness (QED) is 0.752. The van der Waals surface area contributed by atoms with Crippen LogP contribution in [0, 0.1) is 5.41 Å². The maximum absolute atomic E-state index is 9.82. The highest BCUT2D eigenvalue weighted by Gasteiger charge is 2.36. The first kappa shape index (κ1) is 12.4. The first-order chi connectivity index (χ1) is 6.81. The average molecular weight is 226 g/mol. The first-order valence-electron chi connectivity index (χ1n) is 4.95. The van der Waals surface area contributed by atoms with Crippen LogP contribution in [0.3, 0.4) is 0 Å². The molecule has 0 spiro atoms. The van der Waals surface area contributed by atoms with Crippen LogP contribution >= 0.6 is 0 Å². The van der Waals surface area contributed by atoms with Crippen molar-refractivity contribution in [3.8, 4) is 0 Å². The lowest BCUT2D eigenvalue weighted by Crippen LogP contribution is -2.52. The molecule has 15 heavy (non-hydrogen) atoms. The molecular weight excluding hydrogens is 208 g/mol. The molecule has 2 N–H and O–H groups in total. The molecule has 4 heteroatoms. The highest BCUT2D eigenvalue weighted by atomic mass is 28.4. The number of benzene rings is 1. The van der Waals surface area contributed by atoms with Crippen molar-refractivity contribution in [3.05, 3.63) is 30.3 Å². The van der Waals surface area contributed by atoms with Gasteiger partial charge in [0.2, 0.25) is 0 Å². The lowest BCUT2D eigenvalue weighted by Gasteiger charge is -2.24. The Morgan fingerprint density at radius 2 is 1.67 bits per heavy atom. The topological polar surface area (TPSA) is 49.7 Å². The monoisotopic (exact) mass is 226 g/mol. The smallest absolute Gasteiger partial charge is 0.386 e. The van der Waals surface area contributed by atoms with Crippen LogP contribution in [0.4, 0.5) is 0 Å². The normalized spacial score (nSPS) is 12.9. The van der Waals surface area contributed by atoms with Gasteiger partial charge in [0, 0.05) is 11.8 Å². The largest absolute Gasteiger partial charge is 0.531 e. The molecule has 0 amide bonds. The highest BCUT2D eigenvalue weighted by Crippen LogP contribution is 2.14. The van der Waals surface area contributed by atoms with Gasteiger partial charge in [-0.1, -0.05) is 51.1 Å². The van der Waals surface area contributed by atoms with E-state index in [4.69, 9.17) is 4.43 Å². The molecule has 1 aromatic rings. The van der Waals surface area contributed by atoms with Gasteiger partial charge in [0.05, 0.1) is 0 Å². The highest BCUT2D eigenvalue weighted by molar-refractivity contribution is 6.72. The third-order valence-corrected chi connectivity index (χ3v) is 3.49. The third kappa shape index (κ3) is 4.13. The summed E-state index contributed by atoms with van der Waals surface area (Å²) in [4.78, 5) is 19.6. The second kappa shape index (κ2) is 4.45. The van der Waals surface area contributed by atoms with Gasteiger partial charge in [-0.3, -0.25) is 0 Å². The van der Waals surface area contributed by atoms with Gasteiger partial charge < -0.3 is 14.0 Å². The zero-order valence-corrected chi connectivity index (χ0v) is 10.4. The maximum Gasteiger partial charge on any atom is 0.531 e. The van der Waals surface area contributed by atoms with Crippen molar-refractivity contribution in [2.45, 2.75) is 20.8 Å². The Hall–Kier alpha value is -0.683. The average Bonchev–Trinajstić information content (AvgIpc) is 2.16. The minimum Gasteiger partial charge on any atom is -0.386 e. The van der Waals surface area contributed by atoms with Crippen molar-refractivity contribution in [2.75, 3.05) is 6.61 Å². The van der Waals surface area contributed by atoms with Gasteiger partial charge in [0.25, 0.3) is 0 Å². The summed E-state index contributed by atoms with van der Waals surface area (Å²) in [6.07, 6.45) is 0. The van der Waals surface area contributed by atoms with E-state index in [-0.39, 0.29) is 5.41 Å². The fourth-order valence-corrected chi connectivity index (χ4v) is 2.48. The molecule has 3 nitrogen and oxygen atoms in total. The summed E-state index contributed by atoms with van der Waals surface area (Å²) < 4.78 is 5.23. The molecule has 0 saturated heterocycles. The molecule has 0 fully saturated rings. The van der Waals surface area contributed by atoms with Crippen molar-refractivity contribution in [3.63, 3.8) is 0 Å².